The van der Waals surface area contributed by atoms with E-state index < -0.39 is 0 Å². The SMILES string of the molecule is CCCNc1ncnc(N2CC(C)OCC2C)c1CCC. The van der Waals surface area contributed by atoms with Gasteiger partial charge in [0.15, 0.2) is 0 Å². The molecule has 21 heavy (non-hydrogen) atoms. The molecule has 2 atom stereocenters. The monoisotopic (exact) mass is 292 g/mol. The van der Waals surface area contributed by atoms with E-state index in [0.717, 1.165) is 50.6 Å². The summed E-state index contributed by atoms with van der Waals surface area (Å²) in [5, 5.41) is 3.44. The van der Waals surface area contributed by atoms with Crippen molar-refractivity contribution >= 4 is 11.6 Å². The fourth-order valence-corrected chi connectivity index (χ4v) is 2.72. The minimum atomic E-state index is 0.248. The number of hydrogen-bond donors (Lipinski definition) is 1. The third kappa shape index (κ3) is 3.84. The van der Waals surface area contributed by atoms with Gasteiger partial charge < -0.3 is 15.0 Å². The summed E-state index contributed by atoms with van der Waals surface area (Å²) < 4.78 is 5.74. The first-order valence-electron chi connectivity index (χ1n) is 8.13. The topological polar surface area (TPSA) is 50.3 Å². The van der Waals surface area contributed by atoms with E-state index in [-0.39, 0.29) is 6.10 Å². The molecule has 0 radical (unpaired) electrons. The smallest absolute Gasteiger partial charge is 0.137 e. The highest BCUT2D eigenvalue weighted by Gasteiger charge is 2.27. The maximum Gasteiger partial charge on any atom is 0.137 e. The second kappa shape index (κ2) is 7.59. The summed E-state index contributed by atoms with van der Waals surface area (Å²) in [6.45, 7) is 11.3. The van der Waals surface area contributed by atoms with Crippen LogP contribution in [0.4, 0.5) is 11.6 Å². The molecular weight excluding hydrogens is 264 g/mol. The zero-order valence-corrected chi connectivity index (χ0v) is 13.7. The first kappa shape index (κ1) is 16.0. The molecule has 0 aromatic carbocycles. The first-order valence-corrected chi connectivity index (χ1v) is 8.13. The van der Waals surface area contributed by atoms with Crippen molar-refractivity contribution in [1.82, 2.24) is 9.97 Å². The van der Waals surface area contributed by atoms with Crippen molar-refractivity contribution in [2.24, 2.45) is 0 Å². The molecule has 5 nitrogen and oxygen atoms in total. The number of nitrogens with zero attached hydrogens (tertiary/aromatic N) is 3. The van der Waals surface area contributed by atoms with Crippen molar-refractivity contribution in [2.45, 2.75) is 59.1 Å². The van der Waals surface area contributed by atoms with E-state index in [0.29, 0.717) is 6.04 Å². The molecule has 1 aromatic heterocycles. The zero-order valence-electron chi connectivity index (χ0n) is 13.7. The van der Waals surface area contributed by atoms with Gasteiger partial charge in [0.25, 0.3) is 0 Å². The van der Waals surface area contributed by atoms with Crippen molar-refractivity contribution in [2.75, 3.05) is 29.9 Å². The summed E-state index contributed by atoms with van der Waals surface area (Å²) in [5.74, 6) is 2.07. The van der Waals surface area contributed by atoms with Crippen molar-refractivity contribution in [1.29, 1.82) is 0 Å². The Bertz CT molecular complexity index is 452. The zero-order chi connectivity index (χ0) is 15.2. The Kier molecular flexibility index (Phi) is 5.79. The summed E-state index contributed by atoms with van der Waals surface area (Å²) in [6, 6.07) is 0.353. The lowest BCUT2D eigenvalue weighted by Crippen LogP contribution is -2.48. The van der Waals surface area contributed by atoms with Gasteiger partial charge in [-0.25, -0.2) is 9.97 Å². The molecule has 0 amide bonds. The van der Waals surface area contributed by atoms with Crippen LogP contribution in [-0.2, 0) is 11.2 Å². The van der Waals surface area contributed by atoms with Gasteiger partial charge in [-0.2, -0.15) is 0 Å². The highest BCUT2D eigenvalue weighted by atomic mass is 16.5. The van der Waals surface area contributed by atoms with Crippen LogP contribution >= 0.6 is 0 Å². The molecule has 0 saturated carbocycles. The third-order valence-corrected chi connectivity index (χ3v) is 3.84. The Hall–Kier alpha value is -1.36. The maximum atomic E-state index is 5.74. The molecular formula is C16H28N4O. The van der Waals surface area contributed by atoms with Crippen molar-refractivity contribution < 1.29 is 4.74 Å². The Balaban J connectivity index is 2.32. The average molecular weight is 292 g/mol. The minimum absolute atomic E-state index is 0.248. The van der Waals surface area contributed by atoms with Crippen LogP contribution in [0.3, 0.4) is 0 Å². The summed E-state index contributed by atoms with van der Waals surface area (Å²) >= 11 is 0. The second-order valence-corrected chi connectivity index (χ2v) is 5.85. The molecule has 1 N–H and O–H groups in total. The van der Waals surface area contributed by atoms with Crippen LogP contribution in [0.5, 0.6) is 0 Å². The summed E-state index contributed by atoms with van der Waals surface area (Å²) in [7, 11) is 0. The first-order chi connectivity index (χ1) is 10.2. The van der Waals surface area contributed by atoms with Gasteiger partial charge in [-0.1, -0.05) is 20.3 Å². The predicted octanol–water partition coefficient (Wildman–Crippen LogP) is 2.86. The van der Waals surface area contributed by atoms with Gasteiger partial charge in [-0.15, -0.1) is 0 Å². The molecule has 1 aromatic rings. The van der Waals surface area contributed by atoms with E-state index >= 15 is 0 Å². The van der Waals surface area contributed by atoms with E-state index in [2.05, 4.69) is 47.9 Å². The lowest BCUT2D eigenvalue weighted by molar-refractivity contribution is 0.0340. The molecule has 5 heteroatoms. The molecule has 1 aliphatic heterocycles. The Morgan fingerprint density at radius 1 is 1.29 bits per heavy atom. The number of hydrogen-bond acceptors (Lipinski definition) is 5. The summed E-state index contributed by atoms with van der Waals surface area (Å²) in [5.41, 5.74) is 1.24. The van der Waals surface area contributed by atoms with Gasteiger partial charge in [0, 0.05) is 18.7 Å². The minimum Gasteiger partial charge on any atom is -0.375 e. The van der Waals surface area contributed by atoms with E-state index in [4.69, 9.17) is 4.74 Å². The summed E-state index contributed by atoms with van der Waals surface area (Å²) in [4.78, 5) is 11.4. The fourth-order valence-electron chi connectivity index (χ4n) is 2.72. The number of ether oxygens (including phenoxy) is 1. The molecule has 0 spiro atoms. The highest BCUT2D eigenvalue weighted by Crippen LogP contribution is 2.28. The van der Waals surface area contributed by atoms with Crippen LogP contribution < -0.4 is 10.2 Å². The number of rotatable bonds is 6. The highest BCUT2D eigenvalue weighted by molar-refractivity contribution is 5.59. The predicted molar refractivity (Wildman–Crippen MR) is 87.0 cm³/mol. The molecule has 2 heterocycles. The normalized spacial score (nSPS) is 22.4. The van der Waals surface area contributed by atoms with E-state index in [1.54, 1.807) is 6.33 Å². The number of anilines is 2. The summed E-state index contributed by atoms with van der Waals surface area (Å²) in [6.07, 6.45) is 5.11. The molecule has 1 aliphatic rings. The maximum absolute atomic E-state index is 5.74. The number of nitrogens with one attached hydrogen (secondary N) is 1. The molecule has 118 valence electrons. The van der Waals surface area contributed by atoms with Gasteiger partial charge in [0.2, 0.25) is 0 Å². The van der Waals surface area contributed by atoms with Crippen molar-refractivity contribution in [3.05, 3.63) is 11.9 Å². The number of morpholine rings is 1. The Labute approximate surface area is 128 Å². The third-order valence-electron chi connectivity index (χ3n) is 3.84. The average Bonchev–Trinajstić information content (AvgIpc) is 2.49. The van der Waals surface area contributed by atoms with Gasteiger partial charge in [-0.3, -0.25) is 0 Å². The molecule has 0 aliphatic carbocycles. The number of aromatic nitrogens is 2. The second-order valence-electron chi connectivity index (χ2n) is 5.85. The van der Waals surface area contributed by atoms with Crippen LogP contribution in [0.1, 0.15) is 46.1 Å². The van der Waals surface area contributed by atoms with Crippen LogP contribution in [0.15, 0.2) is 6.33 Å². The molecule has 2 rings (SSSR count). The van der Waals surface area contributed by atoms with Crippen LogP contribution in [0.2, 0.25) is 0 Å². The Morgan fingerprint density at radius 3 is 2.81 bits per heavy atom. The molecule has 1 fully saturated rings. The quantitative estimate of drug-likeness (QED) is 0.873. The fraction of sp³-hybridized carbons (Fsp3) is 0.750. The van der Waals surface area contributed by atoms with E-state index in [9.17, 15) is 0 Å². The van der Waals surface area contributed by atoms with Crippen molar-refractivity contribution in [3.8, 4) is 0 Å². The van der Waals surface area contributed by atoms with E-state index in [1.165, 1.54) is 5.56 Å². The molecule has 0 bridgehead atoms. The van der Waals surface area contributed by atoms with Gasteiger partial charge in [-0.05, 0) is 26.7 Å². The standard InChI is InChI=1S/C16H28N4O/c1-5-7-14-15(17-8-6-2)18-11-19-16(14)20-9-13(4)21-10-12(20)3/h11-13H,5-10H2,1-4H3,(H,17,18,19). The van der Waals surface area contributed by atoms with Gasteiger partial charge >= 0.3 is 0 Å². The van der Waals surface area contributed by atoms with Crippen LogP contribution in [0.25, 0.3) is 0 Å². The molecule has 2 unspecified atom stereocenters. The van der Waals surface area contributed by atoms with Crippen molar-refractivity contribution in [3.63, 3.8) is 0 Å². The molecule has 1 saturated heterocycles. The lowest BCUT2D eigenvalue weighted by Gasteiger charge is -2.38. The van der Waals surface area contributed by atoms with E-state index in [1.807, 2.05) is 0 Å². The lowest BCUT2D eigenvalue weighted by atomic mass is 10.1. The van der Waals surface area contributed by atoms with Gasteiger partial charge in [0.05, 0.1) is 18.8 Å². The Morgan fingerprint density at radius 2 is 2.10 bits per heavy atom. The van der Waals surface area contributed by atoms with Gasteiger partial charge in [0.1, 0.15) is 18.0 Å². The largest absolute Gasteiger partial charge is 0.375 e. The van der Waals surface area contributed by atoms with Crippen LogP contribution in [-0.4, -0.2) is 41.8 Å². The van der Waals surface area contributed by atoms with Crippen LogP contribution in [0, 0.1) is 0 Å².